The van der Waals surface area contributed by atoms with Gasteiger partial charge in [-0.3, -0.25) is 13.9 Å². The van der Waals surface area contributed by atoms with Gasteiger partial charge < -0.3 is 9.64 Å². The standard InChI is InChI=1S/C39H40FN3O3/c1-39-26-27-12-9-10-17-32(27)33(39)24-36-35(25-34(39)37(44)41(2)29-13-5-3-6-14-29)42(22-11-23-46-31-15-7-4-8-16-31)38(45)43(36)30-20-18-28(40)19-21-30/h4,7-10,12,15-21,24-25,29H,3,5-6,11,13-14,22-23,26H2,1-2H3/t39-/m0/s1. The van der Waals surface area contributed by atoms with Crippen molar-refractivity contribution in [2.24, 2.45) is 5.41 Å². The van der Waals surface area contributed by atoms with Crippen LogP contribution in [0.25, 0.3) is 23.4 Å². The lowest BCUT2D eigenvalue weighted by Crippen LogP contribution is -2.42. The summed E-state index contributed by atoms with van der Waals surface area (Å²) in [5.41, 5.74) is 5.16. The van der Waals surface area contributed by atoms with Crippen LogP contribution < -0.4 is 10.4 Å². The number of amides is 1. The quantitative estimate of drug-likeness (QED) is 0.192. The van der Waals surface area contributed by atoms with E-state index in [1.807, 2.05) is 60.5 Å². The Hall–Kier alpha value is -4.65. The molecule has 1 fully saturated rings. The predicted octanol–water partition coefficient (Wildman–Crippen LogP) is 7.54. The lowest BCUT2D eigenvalue weighted by Gasteiger charge is -2.36. The topological polar surface area (TPSA) is 56.5 Å². The highest BCUT2D eigenvalue weighted by Crippen LogP contribution is 2.54. The molecule has 1 heterocycles. The van der Waals surface area contributed by atoms with Gasteiger partial charge in [0, 0.05) is 30.6 Å². The Balaban J connectivity index is 1.38. The van der Waals surface area contributed by atoms with E-state index in [9.17, 15) is 14.0 Å². The molecular formula is C39H40FN3O3. The summed E-state index contributed by atoms with van der Waals surface area (Å²) in [6, 6.07) is 24.2. The molecule has 7 heteroatoms. The number of para-hydroxylation sites is 1. The van der Waals surface area contributed by atoms with Gasteiger partial charge in [0.1, 0.15) is 11.6 Å². The molecule has 0 unspecified atom stereocenters. The minimum absolute atomic E-state index is 0.0156. The maximum atomic E-state index is 14.7. The molecule has 1 saturated carbocycles. The first-order valence-electron chi connectivity index (χ1n) is 16.4. The lowest BCUT2D eigenvalue weighted by molar-refractivity contribution is -0.129. The molecule has 3 aliphatic carbocycles. The fraction of sp³-hybridized carbons (Fsp3) is 0.333. The Morgan fingerprint density at radius 2 is 1.65 bits per heavy atom. The van der Waals surface area contributed by atoms with Gasteiger partial charge in [0.05, 0.1) is 23.7 Å². The first-order valence-corrected chi connectivity index (χ1v) is 16.4. The predicted molar refractivity (Wildman–Crippen MR) is 180 cm³/mol. The van der Waals surface area contributed by atoms with Crippen molar-refractivity contribution in [3.05, 3.63) is 123 Å². The lowest BCUT2D eigenvalue weighted by atomic mass is 9.75. The largest absolute Gasteiger partial charge is 0.494 e. The number of carbonyl (C=O) groups excluding carboxylic acids is 1. The van der Waals surface area contributed by atoms with Gasteiger partial charge in [-0.2, -0.15) is 0 Å². The van der Waals surface area contributed by atoms with Crippen molar-refractivity contribution < 1.29 is 13.9 Å². The van der Waals surface area contributed by atoms with Crippen molar-refractivity contribution in [2.45, 2.75) is 64.5 Å². The third-order valence-corrected chi connectivity index (χ3v) is 10.1. The molecule has 0 radical (unpaired) electrons. The van der Waals surface area contributed by atoms with Crippen LogP contribution in [0.2, 0.25) is 0 Å². The molecule has 1 amide bonds. The molecule has 0 spiro atoms. The molecule has 7 rings (SSSR count). The molecular weight excluding hydrogens is 577 g/mol. The van der Waals surface area contributed by atoms with E-state index in [1.165, 1.54) is 24.1 Å². The zero-order valence-electron chi connectivity index (χ0n) is 26.5. The van der Waals surface area contributed by atoms with E-state index < -0.39 is 5.41 Å². The monoisotopic (exact) mass is 617 g/mol. The fourth-order valence-corrected chi connectivity index (χ4v) is 7.60. The molecule has 236 valence electrons. The van der Waals surface area contributed by atoms with Crippen LogP contribution in [0.5, 0.6) is 5.75 Å². The van der Waals surface area contributed by atoms with Gasteiger partial charge in [-0.25, -0.2) is 9.18 Å². The maximum Gasteiger partial charge on any atom is 0.333 e. The molecule has 46 heavy (non-hydrogen) atoms. The van der Waals surface area contributed by atoms with Crippen molar-refractivity contribution in [1.29, 1.82) is 0 Å². The van der Waals surface area contributed by atoms with Gasteiger partial charge in [0.2, 0.25) is 0 Å². The summed E-state index contributed by atoms with van der Waals surface area (Å²) >= 11 is 0. The van der Waals surface area contributed by atoms with Crippen molar-refractivity contribution in [2.75, 3.05) is 13.7 Å². The van der Waals surface area contributed by atoms with E-state index in [1.54, 1.807) is 21.3 Å². The normalized spacial score (nSPS) is 18.9. The van der Waals surface area contributed by atoms with Gasteiger partial charge in [-0.1, -0.05) is 68.7 Å². The van der Waals surface area contributed by atoms with Gasteiger partial charge in [0.25, 0.3) is 5.91 Å². The van der Waals surface area contributed by atoms with Crippen LogP contribution in [-0.2, 0) is 17.8 Å². The number of hydrogen-bond donors (Lipinski definition) is 0. The number of aromatic nitrogens is 2. The highest BCUT2D eigenvalue weighted by atomic mass is 19.1. The van der Waals surface area contributed by atoms with Crippen LogP contribution >= 0.6 is 0 Å². The summed E-state index contributed by atoms with van der Waals surface area (Å²) in [5.74, 6) is 0.427. The van der Waals surface area contributed by atoms with E-state index in [4.69, 9.17) is 4.74 Å². The third-order valence-electron chi connectivity index (χ3n) is 10.1. The second-order valence-electron chi connectivity index (χ2n) is 13.0. The number of hydrogen-bond acceptors (Lipinski definition) is 3. The second-order valence-corrected chi connectivity index (χ2v) is 13.0. The van der Waals surface area contributed by atoms with Crippen LogP contribution in [0, 0.1) is 11.2 Å². The molecule has 3 aliphatic rings. The van der Waals surface area contributed by atoms with E-state index in [0.717, 1.165) is 42.6 Å². The van der Waals surface area contributed by atoms with Gasteiger partial charge in [-0.05, 0) is 90.9 Å². The summed E-state index contributed by atoms with van der Waals surface area (Å²) in [5, 5.41) is 0. The molecule has 0 bridgehead atoms. The first-order chi connectivity index (χ1) is 22.3. The Labute approximate surface area is 269 Å². The Morgan fingerprint density at radius 3 is 2.41 bits per heavy atom. The van der Waals surface area contributed by atoms with Crippen molar-refractivity contribution in [3.63, 3.8) is 0 Å². The van der Waals surface area contributed by atoms with Gasteiger partial charge in [0.15, 0.2) is 0 Å². The average molecular weight is 618 g/mol. The molecule has 0 N–H and O–H groups in total. The smallest absolute Gasteiger partial charge is 0.333 e. The minimum Gasteiger partial charge on any atom is -0.494 e. The van der Waals surface area contributed by atoms with Crippen LogP contribution in [-0.4, -0.2) is 39.6 Å². The molecule has 3 aromatic carbocycles. The summed E-state index contributed by atoms with van der Waals surface area (Å²) in [6.07, 6.45) is 10.8. The van der Waals surface area contributed by atoms with E-state index in [0.29, 0.717) is 48.6 Å². The molecule has 6 nitrogen and oxygen atoms in total. The SMILES string of the molecule is CN(C(=O)C1=Cc2c(n(-c3ccc(F)cc3)c(=O)n2CCCOc2ccccc2)C=C2c3ccccc3C[C@]12C)C1CCCCC1. The van der Waals surface area contributed by atoms with Crippen molar-refractivity contribution >= 4 is 23.6 Å². The van der Waals surface area contributed by atoms with Gasteiger partial charge in [-0.15, -0.1) is 0 Å². The molecule has 4 aromatic rings. The Morgan fingerprint density at radius 1 is 0.935 bits per heavy atom. The number of imidazole rings is 1. The zero-order valence-corrected chi connectivity index (χ0v) is 26.5. The van der Waals surface area contributed by atoms with Crippen LogP contribution in [0.4, 0.5) is 4.39 Å². The molecule has 0 saturated heterocycles. The van der Waals surface area contributed by atoms with Crippen LogP contribution in [0.3, 0.4) is 0 Å². The average Bonchev–Trinajstić information content (AvgIpc) is 3.47. The number of likely N-dealkylation sites (N-methyl/N-ethyl adjacent to an activating group) is 1. The number of rotatable bonds is 8. The zero-order chi connectivity index (χ0) is 31.8. The summed E-state index contributed by atoms with van der Waals surface area (Å²) in [7, 11) is 1.94. The Bertz CT molecular complexity index is 1880. The van der Waals surface area contributed by atoms with Crippen molar-refractivity contribution in [3.8, 4) is 11.4 Å². The molecule has 1 aromatic heterocycles. The van der Waals surface area contributed by atoms with E-state index >= 15 is 0 Å². The number of benzene rings is 3. The van der Waals surface area contributed by atoms with E-state index in [-0.39, 0.29) is 23.5 Å². The van der Waals surface area contributed by atoms with Crippen LogP contribution in [0.1, 0.15) is 68.0 Å². The summed E-state index contributed by atoms with van der Waals surface area (Å²) in [4.78, 5) is 30.9. The maximum absolute atomic E-state index is 14.7. The number of halogens is 1. The van der Waals surface area contributed by atoms with Crippen molar-refractivity contribution in [1.82, 2.24) is 14.0 Å². The highest BCUT2D eigenvalue weighted by Gasteiger charge is 2.46. The first kappa shape index (κ1) is 30.0. The second kappa shape index (κ2) is 12.3. The van der Waals surface area contributed by atoms with Crippen LogP contribution in [0.15, 0.2) is 89.2 Å². The number of carbonyl (C=O) groups is 1. The molecule has 0 aliphatic heterocycles. The molecule has 1 atom stereocenters. The third kappa shape index (κ3) is 5.31. The minimum atomic E-state index is -0.590. The number of nitrogens with zero attached hydrogens (tertiary/aromatic N) is 3. The Kier molecular flexibility index (Phi) is 8.01. The number of ether oxygens (including phenoxy) is 1. The van der Waals surface area contributed by atoms with Gasteiger partial charge >= 0.3 is 5.69 Å². The number of allylic oxidation sites excluding steroid dienone is 1. The fourth-order valence-electron chi connectivity index (χ4n) is 7.60. The summed E-state index contributed by atoms with van der Waals surface area (Å²) < 4.78 is 23.4. The highest BCUT2D eigenvalue weighted by molar-refractivity contribution is 6.07. The number of fused-ring (bicyclic) bond motifs is 4. The van der Waals surface area contributed by atoms with E-state index in [2.05, 4.69) is 25.1 Å². The summed E-state index contributed by atoms with van der Waals surface area (Å²) in [6.45, 7) is 3.00.